The highest BCUT2D eigenvalue weighted by Crippen LogP contribution is 2.23. The van der Waals surface area contributed by atoms with E-state index >= 15 is 0 Å². The molecule has 0 aliphatic rings. The normalized spacial score (nSPS) is 10.8. The minimum atomic E-state index is 0.0759. The molecule has 0 saturated carbocycles. The number of ether oxygens (including phenoxy) is 1. The van der Waals surface area contributed by atoms with Crippen LogP contribution < -0.4 is 9.64 Å². The lowest BCUT2D eigenvalue weighted by atomic mass is 10.2. The molecule has 2 aromatic carbocycles. The van der Waals surface area contributed by atoms with Crippen molar-refractivity contribution in [1.82, 2.24) is 4.90 Å². The molecule has 1 aromatic heterocycles. The number of carbonyl (C=O) groups is 1. The largest absolute Gasteiger partial charge is 0.497 e. The molecule has 3 aromatic rings. The molecule has 4 nitrogen and oxygen atoms in total. The van der Waals surface area contributed by atoms with Gasteiger partial charge in [-0.1, -0.05) is 36.4 Å². The van der Waals surface area contributed by atoms with Crippen molar-refractivity contribution < 1.29 is 9.53 Å². The molecule has 0 saturated heterocycles. The van der Waals surface area contributed by atoms with Crippen molar-refractivity contribution in [2.75, 3.05) is 25.6 Å². The van der Waals surface area contributed by atoms with E-state index in [2.05, 4.69) is 18.2 Å². The second-order valence-electron chi connectivity index (χ2n) is 6.42. The fourth-order valence-electron chi connectivity index (χ4n) is 2.91. The first-order valence-corrected chi connectivity index (χ1v) is 9.73. The number of amides is 1. The minimum absolute atomic E-state index is 0.0759. The number of carbonyl (C=O) groups excluding carboxylic acids is 1. The molecule has 0 fully saturated rings. The second-order valence-corrected chi connectivity index (χ2v) is 7.45. The van der Waals surface area contributed by atoms with Crippen molar-refractivity contribution in [2.45, 2.75) is 13.1 Å². The van der Waals surface area contributed by atoms with Gasteiger partial charge in [0.25, 0.3) is 0 Å². The van der Waals surface area contributed by atoms with Gasteiger partial charge in [-0.05, 0) is 48.3 Å². The highest BCUT2D eigenvalue weighted by molar-refractivity contribution is 7.09. The number of methoxy groups -OCH3 is 1. The Morgan fingerprint density at radius 2 is 1.70 bits per heavy atom. The standard InChI is InChI=1S/C22H24N2O2S/c1-23(15-18-7-4-3-5-8-18)17-22(25)24(16-21-9-6-14-27-21)19-10-12-20(26-2)13-11-19/h3-14H,15-17H2,1-2H3. The Morgan fingerprint density at radius 1 is 0.963 bits per heavy atom. The average Bonchev–Trinajstić information content (AvgIpc) is 3.20. The van der Waals surface area contributed by atoms with Gasteiger partial charge in [-0.15, -0.1) is 11.3 Å². The third-order valence-corrected chi connectivity index (χ3v) is 5.14. The molecule has 1 amide bonds. The maximum Gasteiger partial charge on any atom is 0.241 e. The average molecular weight is 381 g/mol. The predicted octanol–water partition coefficient (Wildman–Crippen LogP) is 4.42. The third-order valence-electron chi connectivity index (χ3n) is 4.28. The summed E-state index contributed by atoms with van der Waals surface area (Å²) in [6.45, 7) is 1.66. The van der Waals surface area contributed by atoms with Crippen molar-refractivity contribution in [3.05, 3.63) is 82.6 Å². The van der Waals surface area contributed by atoms with Crippen LogP contribution in [0.3, 0.4) is 0 Å². The molecule has 0 aliphatic carbocycles. The summed E-state index contributed by atoms with van der Waals surface area (Å²) in [6, 6.07) is 21.9. The zero-order valence-corrected chi connectivity index (χ0v) is 16.5. The van der Waals surface area contributed by atoms with E-state index in [0.29, 0.717) is 13.1 Å². The molecule has 0 spiro atoms. The Hall–Kier alpha value is -2.63. The van der Waals surface area contributed by atoms with Gasteiger partial charge in [0.2, 0.25) is 5.91 Å². The van der Waals surface area contributed by atoms with Gasteiger partial charge in [0.15, 0.2) is 0 Å². The van der Waals surface area contributed by atoms with Crippen molar-refractivity contribution in [2.24, 2.45) is 0 Å². The molecule has 0 radical (unpaired) electrons. The van der Waals surface area contributed by atoms with E-state index < -0.39 is 0 Å². The van der Waals surface area contributed by atoms with Crippen molar-refractivity contribution in [3.8, 4) is 5.75 Å². The molecule has 0 bridgehead atoms. The SMILES string of the molecule is COc1ccc(N(Cc2cccs2)C(=O)CN(C)Cc2ccccc2)cc1. The Labute approximate surface area is 164 Å². The van der Waals surface area contributed by atoms with Gasteiger partial charge in [-0.25, -0.2) is 0 Å². The van der Waals surface area contributed by atoms with Crippen LogP contribution in [0, 0.1) is 0 Å². The van der Waals surface area contributed by atoms with Crippen LogP contribution in [0.25, 0.3) is 0 Å². The van der Waals surface area contributed by atoms with E-state index in [-0.39, 0.29) is 5.91 Å². The van der Waals surface area contributed by atoms with Crippen molar-refractivity contribution in [1.29, 1.82) is 0 Å². The maximum atomic E-state index is 13.1. The van der Waals surface area contributed by atoms with Gasteiger partial charge in [-0.3, -0.25) is 9.69 Å². The molecule has 5 heteroatoms. The Morgan fingerprint density at radius 3 is 2.33 bits per heavy atom. The molecule has 0 aliphatic heterocycles. The fraction of sp³-hybridized carbons (Fsp3) is 0.227. The molecule has 27 heavy (non-hydrogen) atoms. The van der Waals surface area contributed by atoms with Crippen LogP contribution >= 0.6 is 11.3 Å². The number of benzene rings is 2. The number of hydrogen-bond acceptors (Lipinski definition) is 4. The number of hydrogen-bond donors (Lipinski definition) is 0. The summed E-state index contributed by atoms with van der Waals surface area (Å²) in [5.74, 6) is 0.857. The number of likely N-dealkylation sites (N-methyl/N-ethyl adjacent to an activating group) is 1. The number of anilines is 1. The summed E-state index contributed by atoms with van der Waals surface area (Å²) >= 11 is 1.66. The smallest absolute Gasteiger partial charge is 0.241 e. The third kappa shape index (κ3) is 5.42. The predicted molar refractivity (Wildman–Crippen MR) is 111 cm³/mol. The van der Waals surface area contributed by atoms with Gasteiger partial charge in [0.05, 0.1) is 20.2 Å². The molecule has 0 N–H and O–H groups in total. The van der Waals surface area contributed by atoms with Gasteiger partial charge >= 0.3 is 0 Å². The molecule has 0 atom stereocenters. The van der Waals surface area contributed by atoms with Crippen LogP contribution in [-0.4, -0.2) is 31.5 Å². The molecular formula is C22H24N2O2S. The van der Waals surface area contributed by atoms with E-state index in [1.165, 1.54) is 5.56 Å². The first kappa shape index (κ1) is 19.1. The summed E-state index contributed by atoms with van der Waals surface area (Å²) in [5, 5.41) is 2.04. The number of nitrogens with zero attached hydrogens (tertiary/aromatic N) is 2. The Balaban J connectivity index is 1.73. The number of rotatable bonds is 8. The highest BCUT2D eigenvalue weighted by Gasteiger charge is 2.18. The van der Waals surface area contributed by atoms with Crippen LogP contribution in [0.4, 0.5) is 5.69 Å². The summed E-state index contributed by atoms with van der Waals surface area (Å²) in [7, 11) is 3.62. The zero-order chi connectivity index (χ0) is 19.1. The Kier molecular flexibility index (Phi) is 6.63. The van der Waals surface area contributed by atoms with E-state index in [9.17, 15) is 4.79 Å². The molecule has 3 rings (SSSR count). The van der Waals surface area contributed by atoms with E-state index in [0.717, 1.165) is 22.9 Å². The first-order valence-electron chi connectivity index (χ1n) is 8.85. The van der Waals surface area contributed by atoms with E-state index in [1.54, 1.807) is 18.4 Å². The van der Waals surface area contributed by atoms with Gasteiger partial charge in [0, 0.05) is 17.1 Å². The molecule has 1 heterocycles. The van der Waals surface area contributed by atoms with Crippen molar-refractivity contribution >= 4 is 22.9 Å². The topological polar surface area (TPSA) is 32.8 Å². The molecular weight excluding hydrogens is 356 g/mol. The zero-order valence-electron chi connectivity index (χ0n) is 15.7. The fourth-order valence-corrected chi connectivity index (χ4v) is 3.60. The lowest BCUT2D eigenvalue weighted by Crippen LogP contribution is -2.38. The van der Waals surface area contributed by atoms with E-state index in [4.69, 9.17) is 4.74 Å². The molecule has 140 valence electrons. The minimum Gasteiger partial charge on any atom is -0.497 e. The van der Waals surface area contributed by atoms with Crippen LogP contribution in [0.15, 0.2) is 72.1 Å². The van der Waals surface area contributed by atoms with Crippen LogP contribution in [-0.2, 0) is 17.9 Å². The van der Waals surface area contributed by atoms with Gasteiger partial charge < -0.3 is 9.64 Å². The summed E-state index contributed by atoms with van der Waals surface area (Å²) in [6.07, 6.45) is 0. The van der Waals surface area contributed by atoms with Crippen LogP contribution in [0.5, 0.6) is 5.75 Å². The quantitative estimate of drug-likeness (QED) is 0.580. The first-order chi connectivity index (χ1) is 13.2. The van der Waals surface area contributed by atoms with Gasteiger partial charge in [-0.2, -0.15) is 0 Å². The lowest BCUT2D eigenvalue weighted by Gasteiger charge is -2.25. The van der Waals surface area contributed by atoms with Crippen molar-refractivity contribution in [3.63, 3.8) is 0 Å². The molecule has 0 unspecified atom stereocenters. The van der Waals surface area contributed by atoms with E-state index in [1.807, 2.05) is 70.8 Å². The summed E-state index contributed by atoms with van der Waals surface area (Å²) < 4.78 is 5.24. The van der Waals surface area contributed by atoms with Gasteiger partial charge in [0.1, 0.15) is 5.75 Å². The van der Waals surface area contributed by atoms with Crippen LogP contribution in [0.2, 0.25) is 0 Å². The Bertz CT molecular complexity index is 833. The lowest BCUT2D eigenvalue weighted by molar-refractivity contribution is -0.119. The highest BCUT2D eigenvalue weighted by atomic mass is 32.1. The summed E-state index contributed by atoms with van der Waals surface area (Å²) in [4.78, 5) is 18.1. The monoisotopic (exact) mass is 380 g/mol. The maximum absolute atomic E-state index is 13.1. The summed E-state index contributed by atoms with van der Waals surface area (Å²) in [5.41, 5.74) is 2.07. The van der Waals surface area contributed by atoms with Crippen LogP contribution in [0.1, 0.15) is 10.4 Å². The second kappa shape index (κ2) is 9.35. The number of thiophene rings is 1.